The lowest BCUT2D eigenvalue weighted by Crippen LogP contribution is -2.25. The predicted octanol–water partition coefficient (Wildman–Crippen LogP) is 0.991. The van der Waals surface area contributed by atoms with Crippen LogP contribution in [0.3, 0.4) is 0 Å². The number of aliphatic carboxylic acids is 1. The first kappa shape index (κ1) is 13.3. The summed E-state index contributed by atoms with van der Waals surface area (Å²) in [5.41, 5.74) is 0. The van der Waals surface area contributed by atoms with Crippen LogP contribution in [0.4, 0.5) is 4.79 Å². The molecule has 0 fully saturated rings. The van der Waals surface area contributed by atoms with Crippen molar-refractivity contribution in [2.75, 3.05) is 13.2 Å². The Bertz CT molecular complexity index is 244. The van der Waals surface area contributed by atoms with E-state index < -0.39 is 12.1 Å². The van der Waals surface area contributed by atoms with E-state index in [1.807, 2.05) is 0 Å². The maximum absolute atomic E-state index is 10.8. The van der Waals surface area contributed by atoms with Gasteiger partial charge in [0.2, 0.25) is 0 Å². The average Bonchev–Trinajstić information content (AvgIpc) is 2.19. The number of terminal acetylenes is 1. The standard InChI is InChI=1S/C10H15NO4/c1-2-8-15-10(14)11-7-5-3-4-6-9(12)13/h1H,3-8H2,(H,11,14)(H,12,13). The molecule has 0 saturated carbocycles. The Hall–Kier alpha value is -1.70. The molecule has 0 heterocycles. The monoisotopic (exact) mass is 213 g/mol. The SMILES string of the molecule is C#CCOC(=O)NCCCCCC(=O)O. The minimum absolute atomic E-state index is 0.0369. The zero-order valence-corrected chi connectivity index (χ0v) is 8.49. The molecule has 5 heteroatoms. The fraction of sp³-hybridized carbons (Fsp3) is 0.600. The lowest BCUT2D eigenvalue weighted by molar-refractivity contribution is -0.137. The van der Waals surface area contributed by atoms with E-state index in [0.29, 0.717) is 13.0 Å². The summed E-state index contributed by atoms with van der Waals surface area (Å²) in [6.45, 7) is 0.438. The van der Waals surface area contributed by atoms with E-state index in [9.17, 15) is 9.59 Å². The van der Waals surface area contributed by atoms with Crippen LogP contribution in [0.5, 0.6) is 0 Å². The number of nitrogens with one attached hydrogen (secondary N) is 1. The Labute approximate surface area is 88.8 Å². The molecule has 0 unspecified atom stereocenters. The summed E-state index contributed by atoms with van der Waals surface area (Å²) < 4.78 is 4.56. The Kier molecular flexibility index (Phi) is 7.87. The number of carboxylic acid groups (broad SMARTS) is 1. The van der Waals surface area contributed by atoms with Crippen molar-refractivity contribution in [3.8, 4) is 12.3 Å². The maximum atomic E-state index is 10.8. The zero-order valence-electron chi connectivity index (χ0n) is 8.49. The van der Waals surface area contributed by atoms with Crippen molar-refractivity contribution in [2.45, 2.75) is 25.7 Å². The molecule has 0 rings (SSSR count). The molecule has 0 radical (unpaired) electrons. The predicted molar refractivity (Wildman–Crippen MR) is 54.3 cm³/mol. The second kappa shape index (κ2) is 8.88. The van der Waals surface area contributed by atoms with Gasteiger partial charge in [-0.25, -0.2) is 4.79 Å². The molecular formula is C10H15NO4. The molecule has 0 aliphatic heterocycles. The molecule has 0 aromatic carbocycles. The van der Waals surface area contributed by atoms with E-state index in [1.165, 1.54) is 0 Å². The van der Waals surface area contributed by atoms with Crippen LogP contribution >= 0.6 is 0 Å². The molecular weight excluding hydrogens is 198 g/mol. The van der Waals surface area contributed by atoms with Crippen molar-refractivity contribution >= 4 is 12.1 Å². The Morgan fingerprint density at radius 2 is 2.07 bits per heavy atom. The molecule has 5 nitrogen and oxygen atoms in total. The fourth-order valence-electron chi connectivity index (χ4n) is 0.927. The number of carbonyl (C=O) groups is 2. The van der Waals surface area contributed by atoms with Gasteiger partial charge in [-0.05, 0) is 12.8 Å². The summed E-state index contributed by atoms with van der Waals surface area (Å²) in [5.74, 6) is 1.38. The summed E-state index contributed by atoms with van der Waals surface area (Å²) in [5, 5.41) is 10.8. The van der Waals surface area contributed by atoms with Gasteiger partial charge in [0.15, 0.2) is 6.61 Å². The first-order valence-electron chi connectivity index (χ1n) is 4.72. The van der Waals surface area contributed by atoms with Crippen molar-refractivity contribution in [3.05, 3.63) is 0 Å². The zero-order chi connectivity index (χ0) is 11.5. The van der Waals surface area contributed by atoms with E-state index >= 15 is 0 Å². The minimum Gasteiger partial charge on any atom is -0.481 e. The Balaban J connectivity index is 3.20. The van der Waals surface area contributed by atoms with Crippen LogP contribution in [0.2, 0.25) is 0 Å². The Morgan fingerprint density at radius 1 is 1.33 bits per heavy atom. The quantitative estimate of drug-likeness (QED) is 0.488. The molecule has 15 heavy (non-hydrogen) atoms. The minimum atomic E-state index is -0.795. The molecule has 0 atom stereocenters. The molecule has 2 N–H and O–H groups in total. The van der Waals surface area contributed by atoms with Crippen molar-refractivity contribution < 1.29 is 19.4 Å². The van der Waals surface area contributed by atoms with Crippen LogP contribution in [-0.2, 0) is 9.53 Å². The van der Waals surface area contributed by atoms with E-state index in [0.717, 1.165) is 12.8 Å². The third-order valence-electron chi connectivity index (χ3n) is 1.62. The highest BCUT2D eigenvalue weighted by molar-refractivity contribution is 5.67. The third-order valence-corrected chi connectivity index (χ3v) is 1.62. The lowest BCUT2D eigenvalue weighted by atomic mass is 10.2. The number of unbranched alkanes of at least 4 members (excludes halogenated alkanes) is 2. The lowest BCUT2D eigenvalue weighted by Gasteiger charge is -2.03. The highest BCUT2D eigenvalue weighted by Crippen LogP contribution is 1.98. The smallest absolute Gasteiger partial charge is 0.408 e. The third kappa shape index (κ3) is 10.2. The van der Waals surface area contributed by atoms with E-state index in [-0.39, 0.29) is 13.0 Å². The molecule has 0 spiro atoms. The van der Waals surface area contributed by atoms with Gasteiger partial charge in [0.25, 0.3) is 0 Å². The molecule has 0 aliphatic rings. The summed E-state index contributed by atoms with van der Waals surface area (Å²) >= 11 is 0. The molecule has 1 amide bonds. The molecule has 0 bridgehead atoms. The number of carbonyl (C=O) groups excluding carboxylic acids is 1. The van der Waals surface area contributed by atoms with Gasteiger partial charge >= 0.3 is 12.1 Å². The van der Waals surface area contributed by atoms with Gasteiger partial charge in [0, 0.05) is 13.0 Å². The topological polar surface area (TPSA) is 75.6 Å². The van der Waals surface area contributed by atoms with Crippen molar-refractivity contribution in [2.24, 2.45) is 0 Å². The van der Waals surface area contributed by atoms with Gasteiger partial charge in [0.1, 0.15) is 0 Å². The highest BCUT2D eigenvalue weighted by Gasteiger charge is 1.99. The van der Waals surface area contributed by atoms with Crippen LogP contribution in [0, 0.1) is 12.3 Å². The number of hydrogen-bond acceptors (Lipinski definition) is 3. The van der Waals surface area contributed by atoms with Crippen LogP contribution in [0.1, 0.15) is 25.7 Å². The van der Waals surface area contributed by atoms with Crippen molar-refractivity contribution in [1.82, 2.24) is 5.32 Å². The summed E-state index contributed by atoms with van der Waals surface area (Å²) in [6, 6.07) is 0. The summed E-state index contributed by atoms with van der Waals surface area (Å²) in [6.07, 6.45) is 6.64. The van der Waals surface area contributed by atoms with Crippen LogP contribution < -0.4 is 5.32 Å². The van der Waals surface area contributed by atoms with E-state index in [1.54, 1.807) is 0 Å². The maximum Gasteiger partial charge on any atom is 0.408 e. The van der Waals surface area contributed by atoms with Crippen LogP contribution in [0.15, 0.2) is 0 Å². The van der Waals surface area contributed by atoms with E-state index in [4.69, 9.17) is 11.5 Å². The normalized spacial score (nSPS) is 9.00. The number of amides is 1. The van der Waals surface area contributed by atoms with Gasteiger partial charge in [-0.1, -0.05) is 12.3 Å². The largest absolute Gasteiger partial charge is 0.481 e. The first-order chi connectivity index (χ1) is 7.16. The fourth-order valence-corrected chi connectivity index (χ4v) is 0.927. The number of hydrogen-bond donors (Lipinski definition) is 2. The number of ether oxygens (including phenoxy) is 1. The van der Waals surface area contributed by atoms with Gasteiger partial charge in [-0.3, -0.25) is 4.79 Å². The number of alkyl carbamates (subject to hydrolysis) is 1. The van der Waals surface area contributed by atoms with Gasteiger partial charge < -0.3 is 15.2 Å². The summed E-state index contributed by atoms with van der Waals surface area (Å²) in [4.78, 5) is 21.0. The van der Waals surface area contributed by atoms with Gasteiger partial charge in [-0.2, -0.15) is 0 Å². The summed E-state index contributed by atoms with van der Waals surface area (Å²) in [7, 11) is 0. The van der Waals surface area contributed by atoms with Crippen molar-refractivity contribution in [1.29, 1.82) is 0 Å². The van der Waals surface area contributed by atoms with Crippen LogP contribution in [-0.4, -0.2) is 30.3 Å². The molecule has 0 aromatic rings. The van der Waals surface area contributed by atoms with Gasteiger partial charge in [0.05, 0.1) is 0 Å². The first-order valence-corrected chi connectivity index (χ1v) is 4.72. The van der Waals surface area contributed by atoms with E-state index in [2.05, 4.69) is 16.0 Å². The molecule has 0 aliphatic carbocycles. The molecule has 84 valence electrons. The average molecular weight is 213 g/mol. The molecule has 0 aromatic heterocycles. The molecule has 0 saturated heterocycles. The van der Waals surface area contributed by atoms with Crippen molar-refractivity contribution in [3.63, 3.8) is 0 Å². The van der Waals surface area contributed by atoms with Crippen LogP contribution in [0.25, 0.3) is 0 Å². The number of rotatable bonds is 7. The Morgan fingerprint density at radius 3 is 2.67 bits per heavy atom. The second-order valence-corrected chi connectivity index (χ2v) is 2.91. The number of carboxylic acids is 1. The highest BCUT2D eigenvalue weighted by atomic mass is 16.5. The second-order valence-electron chi connectivity index (χ2n) is 2.91. The van der Waals surface area contributed by atoms with Gasteiger partial charge in [-0.15, -0.1) is 6.42 Å².